The van der Waals surface area contributed by atoms with Crippen molar-refractivity contribution in [1.29, 1.82) is 0 Å². The molecule has 0 heterocycles. The van der Waals surface area contributed by atoms with Crippen molar-refractivity contribution in [2.75, 3.05) is 0 Å². The van der Waals surface area contributed by atoms with E-state index < -0.39 is 0 Å². The highest BCUT2D eigenvalue weighted by Crippen LogP contribution is 2.24. The summed E-state index contributed by atoms with van der Waals surface area (Å²) >= 11 is 6.31. The maximum atomic E-state index is 12.0. The number of alkyl halides is 1. The first-order valence-electron chi connectivity index (χ1n) is 6.67. The van der Waals surface area contributed by atoms with Gasteiger partial charge in [-0.2, -0.15) is 0 Å². The molecule has 0 radical (unpaired) electrons. The minimum Gasteiger partial charge on any atom is -0.457 e. The molecule has 18 heavy (non-hydrogen) atoms. The lowest BCUT2D eigenvalue weighted by Crippen LogP contribution is -2.28. The number of esters is 1. The summed E-state index contributed by atoms with van der Waals surface area (Å²) in [5.41, 5.74) is 0.600. The van der Waals surface area contributed by atoms with Gasteiger partial charge in [-0.1, -0.05) is 37.5 Å². The Morgan fingerprint density at radius 3 is 2.44 bits per heavy atom. The molecule has 0 bridgehead atoms. The van der Waals surface area contributed by atoms with Crippen LogP contribution < -0.4 is 0 Å². The number of hydrogen-bond donors (Lipinski definition) is 0. The second kappa shape index (κ2) is 6.79. The highest BCUT2D eigenvalue weighted by atomic mass is 35.5. The zero-order valence-electron chi connectivity index (χ0n) is 10.5. The summed E-state index contributed by atoms with van der Waals surface area (Å²) in [6, 6.07) is 9.11. The quantitative estimate of drug-likeness (QED) is 0.593. The molecule has 2 nitrogen and oxygen atoms in total. The van der Waals surface area contributed by atoms with Gasteiger partial charge in [0.1, 0.15) is 6.10 Å². The second-order valence-corrected chi connectivity index (χ2v) is 5.38. The van der Waals surface area contributed by atoms with Crippen molar-refractivity contribution in [2.45, 2.75) is 50.0 Å². The molecule has 1 fully saturated rings. The molecular formula is C15H19ClO2. The smallest absolute Gasteiger partial charge is 0.338 e. The molecule has 98 valence electrons. The summed E-state index contributed by atoms with van der Waals surface area (Å²) in [6.07, 6.45) is 6.36. The first-order chi connectivity index (χ1) is 8.77. The highest BCUT2D eigenvalue weighted by molar-refractivity contribution is 6.21. The fourth-order valence-corrected chi connectivity index (χ4v) is 2.65. The monoisotopic (exact) mass is 266 g/mol. The molecule has 0 aliphatic heterocycles. The van der Waals surface area contributed by atoms with Crippen LogP contribution in [0.15, 0.2) is 30.3 Å². The molecular weight excluding hydrogens is 248 g/mol. The molecule has 2 unspecified atom stereocenters. The molecule has 1 saturated carbocycles. The van der Waals surface area contributed by atoms with E-state index in [-0.39, 0.29) is 17.5 Å². The maximum absolute atomic E-state index is 12.0. The SMILES string of the molecule is O=C(OC1CCCCCCC1Cl)c1ccccc1. The summed E-state index contributed by atoms with van der Waals surface area (Å²) in [5, 5.41) is -0.0436. The average Bonchev–Trinajstić information content (AvgIpc) is 2.39. The standard InChI is InChI=1S/C15H19ClO2/c16-13-10-6-1-2-7-11-14(13)18-15(17)12-8-4-3-5-9-12/h3-5,8-9,13-14H,1-2,6-7,10-11H2. The van der Waals surface area contributed by atoms with Gasteiger partial charge in [-0.3, -0.25) is 0 Å². The van der Waals surface area contributed by atoms with Gasteiger partial charge in [0.2, 0.25) is 0 Å². The summed E-state index contributed by atoms with van der Waals surface area (Å²) in [7, 11) is 0. The number of halogens is 1. The van der Waals surface area contributed by atoms with Crippen LogP contribution in [0.5, 0.6) is 0 Å². The summed E-state index contributed by atoms with van der Waals surface area (Å²) < 4.78 is 5.55. The van der Waals surface area contributed by atoms with Crippen molar-refractivity contribution < 1.29 is 9.53 Å². The summed E-state index contributed by atoms with van der Waals surface area (Å²) in [6.45, 7) is 0. The van der Waals surface area contributed by atoms with E-state index in [9.17, 15) is 4.79 Å². The van der Waals surface area contributed by atoms with Crippen molar-refractivity contribution in [2.24, 2.45) is 0 Å². The van der Waals surface area contributed by atoms with E-state index in [1.165, 1.54) is 12.8 Å². The number of carbonyl (C=O) groups is 1. The third kappa shape index (κ3) is 3.74. The molecule has 2 atom stereocenters. The van der Waals surface area contributed by atoms with Crippen molar-refractivity contribution in [3.8, 4) is 0 Å². The van der Waals surface area contributed by atoms with Gasteiger partial charge in [0, 0.05) is 0 Å². The van der Waals surface area contributed by atoms with Crippen molar-refractivity contribution in [3.05, 3.63) is 35.9 Å². The third-order valence-electron chi connectivity index (χ3n) is 3.39. The molecule has 0 N–H and O–H groups in total. The van der Waals surface area contributed by atoms with Gasteiger partial charge in [-0.25, -0.2) is 4.79 Å². The van der Waals surface area contributed by atoms with Crippen LogP contribution in [0, 0.1) is 0 Å². The Morgan fingerprint density at radius 1 is 1.06 bits per heavy atom. The van der Waals surface area contributed by atoms with Gasteiger partial charge in [0.15, 0.2) is 0 Å². The minimum atomic E-state index is -0.258. The summed E-state index contributed by atoms with van der Waals surface area (Å²) in [5.74, 6) is -0.258. The molecule has 2 rings (SSSR count). The van der Waals surface area contributed by atoms with Crippen LogP contribution in [0.3, 0.4) is 0 Å². The fourth-order valence-electron chi connectivity index (χ4n) is 2.32. The molecule has 1 aromatic carbocycles. The molecule has 1 aromatic rings. The molecule has 0 saturated heterocycles. The van der Waals surface area contributed by atoms with E-state index in [0.29, 0.717) is 5.56 Å². The Balaban J connectivity index is 1.96. The van der Waals surface area contributed by atoms with Gasteiger partial charge >= 0.3 is 5.97 Å². The van der Waals surface area contributed by atoms with E-state index in [1.807, 2.05) is 18.2 Å². The lowest BCUT2D eigenvalue weighted by Gasteiger charge is -2.24. The van der Waals surface area contributed by atoms with Crippen molar-refractivity contribution >= 4 is 17.6 Å². The molecule has 3 heteroatoms. The number of hydrogen-bond acceptors (Lipinski definition) is 2. The van der Waals surface area contributed by atoms with Crippen LogP contribution >= 0.6 is 11.6 Å². The van der Waals surface area contributed by atoms with Crippen LogP contribution in [0.4, 0.5) is 0 Å². The Kier molecular flexibility index (Phi) is 5.06. The molecule has 1 aliphatic carbocycles. The van der Waals surface area contributed by atoms with Gasteiger partial charge < -0.3 is 4.74 Å². The van der Waals surface area contributed by atoms with Crippen LogP contribution in [-0.2, 0) is 4.74 Å². The van der Waals surface area contributed by atoms with E-state index in [1.54, 1.807) is 12.1 Å². The van der Waals surface area contributed by atoms with Gasteiger partial charge in [0.25, 0.3) is 0 Å². The molecule has 1 aliphatic rings. The normalized spacial score (nSPS) is 24.9. The highest BCUT2D eigenvalue weighted by Gasteiger charge is 2.24. The van der Waals surface area contributed by atoms with Gasteiger partial charge in [-0.15, -0.1) is 11.6 Å². The predicted octanol–water partition coefficient (Wildman–Crippen LogP) is 4.17. The predicted molar refractivity (Wildman–Crippen MR) is 73.0 cm³/mol. The Labute approximate surface area is 113 Å². The Hall–Kier alpha value is -1.02. The Bertz CT molecular complexity index is 377. The zero-order chi connectivity index (χ0) is 12.8. The first kappa shape index (κ1) is 13.4. The number of rotatable bonds is 2. The molecule has 0 spiro atoms. The maximum Gasteiger partial charge on any atom is 0.338 e. The average molecular weight is 267 g/mol. The lowest BCUT2D eigenvalue weighted by atomic mass is 9.98. The van der Waals surface area contributed by atoms with Crippen LogP contribution in [0.25, 0.3) is 0 Å². The van der Waals surface area contributed by atoms with Crippen LogP contribution in [-0.4, -0.2) is 17.5 Å². The van der Waals surface area contributed by atoms with E-state index in [4.69, 9.17) is 16.3 Å². The lowest BCUT2D eigenvalue weighted by molar-refractivity contribution is 0.0249. The van der Waals surface area contributed by atoms with E-state index in [0.717, 1.165) is 25.7 Å². The topological polar surface area (TPSA) is 26.3 Å². The number of carbonyl (C=O) groups excluding carboxylic acids is 1. The summed E-state index contributed by atoms with van der Waals surface area (Å²) in [4.78, 5) is 12.0. The van der Waals surface area contributed by atoms with Crippen LogP contribution in [0.2, 0.25) is 0 Å². The van der Waals surface area contributed by atoms with Gasteiger partial charge in [0.05, 0.1) is 10.9 Å². The second-order valence-electron chi connectivity index (χ2n) is 4.82. The Morgan fingerprint density at radius 2 is 1.72 bits per heavy atom. The minimum absolute atomic E-state index is 0.0436. The molecule has 0 aromatic heterocycles. The third-order valence-corrected chi connectivity index (χ3v) is 3.89. The van der Waals surface area contributed by atoms with Gasteiger partial charge in [-0.05, 0) is 31.4 Å². The largest absolute Gasteiger partial charge is 0.457 e. The van der Waals surface area contributed by atoms with Crippen molar-refractivity contribution in [3.63, 3.8) is 0 Å². The number of ether oxygens (including phenoxy) is 1. The first-order valence-corrected chi connectivity index (χ1v) is 7.11. The fraction of sp³-hybridized carbons (Fsp3) is 0.533. The van der Waals surface area contributed by atoms with Crippen molar-refractivity contribution in [1.82, 2.24) is 0 Å². The zero-order valence-corrected chi connectivity index (χ0v) is 11.2. The van der Waals surface area contributed by atoms with Crippen LogP contribution in [0.1, 0.15) is 48.9 Å². The number of benzene rings is 1. The van der Waals surface area contributed by atoms with E-state index >= 15 is 0 Å². The van der Waals surface area contributed by atoms with E-state index in [2.05, 4.69) is 0 Å². The molecule has 0 amide bonds.